The van der Waals surface area contributed by atoms with Gasteiger partial charge in [0.1, 0.15) is 0 Å². The number of esters is 1. The van der Waals surface area contributed by atoms with Gasteiger partial charge < -0.3 is 14.5 Å². The number of para-hydroxylation sites is 1. The molecule has 1 aromatic heterocycles. The van der Waals surface area contributed by atoms with Crippen molar-refractivity contribution >= 4 is 33.5 Å². The zero-order valence-electron chi connectivity index (χ0n) is 11.6. The molecule has 1 N–H and O–H groups in total. The van der Waals surface area contributed by atoms with Crippen LogP contribution < -0.4 is 5.32 Å². The van der Waals surface area contributed by atoms with Gasteiger partial charge >= 0.3 is 5.97 Å². The van der Waals surface area contributed by atoms with Gasteiger partial charge in [-0.15, -0.1) is 0 Å². The molecule has 1 aromatic carbocycles. The summed E-state index contributed by atoms with van der Waals surface area (Å²) in [7, 11) is 0. The van der Waals surface area contributed by atoms with Crippen molar-refractivity contribution < 1.29 is 18.7 Å². The van der Waals surface area contributed by atoms with E-state index >= 15 is 0 Å². The number of aryl methyl sites for hydroxylation is 1. The maximum atomic E-state index is 12.0. The molecule has 21 heavy (non-hydrogen) atoms. The van der Waals surface area contributed by atoms with E-state index in [0.29, 0.717) is 10.4 Å². The van der Waals surface area contributed by atoms with Crippen LogP contribution in [0.15, 0.2) is 45.5 Å². The Bertz CT molecular complexity index is 665. The van der Waals surface area contributed by atoms with Gasteiger partial charge in [0, 0.05) is 5.69 Å². The van der Waals surface area contributed by atoms with Crippen LogP contribution in [0.4, 0.5) is 5.69 Å². The van der Waals surface area contributed by atoms with Gasteiger partial charge in [-0.25, -0.2) is 4.79 Å². The van der Waals surface area contributed by atoms with Crippen molar-refractivity contribution in [1.82, 2.24) is 0 Å². The van der Waals surface area contributed by atoms with Gasteiger partial charge in [0.15, 0.2) is 10.8 Å². The number of anilines is 1. The summed E-state index contributed by atoms with van der Waals surface area (Å²) < 4.78 is 10.6. The number of hydrogen-bond acceptors (Lipinski definition) is 4. The molecular formula is C15H14BrNO4. The van der Waals surface area contributed by atoms with E-state index in [1.165, 1.54) is 13.0 Å². The Labute approximate surface area is 130 Å². The standard InChI is InChI=1S/C15H14BrNO4/c1-9-5-3-4-6-11(9)17-14(18)10(2)20-15(19)12-7-8-13(16)21-12/h3-8,10H,1-2H3,(H,17,18)/t10-/m0/s1. The number of furan rings is 1. The number of carbonyl (C=O) groups excluding carboxylic acids is 2. The van der Waals surface area contributed by atoms with E-state index in [1.807, 2.05) is 25.1 Å². The van der Waals surface area contributed by atoms with Crippen LogP contribution in [0.3, 0.4) is 0 Å². The minimum atomic E-state index is -0.930. The topological polar surface area (TPSA) is 68.5 Å². The summed E-state index contributed by atoms with van der Waals surface area (Å²) in [6, 6.07) is 10.4. The Kier molecular flexibility index (Phi) is 4.80. The first-order chi connectivity index (χ1) is 9.97. The van der Waals surface area contributed by atoms with Crippen LogP contribution in [0, 0.1) is 6.92 Å². The smallest absolute Gasteiger partial charge is 0.375 e. The SMILES string of the molecule is Cc1ccccc1NC(=O)[C@H](C)OC(=O)c1ccc(Br)o1. The first kappa shape index (κ1) is 15.3. The molecule has 0 saturated heterocycles. The summed E-state index contributed by atoms with van der Waals surface area (Å²) in [5.74, 6) is -1.05. The molecule has 0 spiro atoms. The molecule has 2 rings (SSSR count). The van der Waals surface area contributed by atoms with Gasteiger partial charge in [-0.05, 0) is 53.5 Å². The van der Waals surface area contributed by atoms with Crippen LogP contribution in [0.5, 0.6) is 0 Å². The number of rotatable bonds is 4. The first-order valence-electron chi connectivity index (χ1n) is 6.30. The molecule has 0 aliphatic heterocycles. The monoisotopic (exact) mass is 351 g/mol. The zero-order chi connectivity index (χ0) is 15.4. The summed E-state index contributed by atoms with van der Waals surface area (Å²) >= 11 is 3.09. The van der Waals surface area contributed by atoms with Crippen molar-refractivity contribution in [3.8, 4) is 0 Å². The lowest BCUT2D eigenvalue weighted by Gasteiger charge is -2.13. The van der Waals surface area contributed by atoms with Gasteiger partial charge in [0.25, 0.3) is 5.91 Å². The maximum absolute atomic E-state index is 12.0. The summed E-state index contributed by atoms with van der Waals surface area (Å²) in [4.78, 5) is 23.8. The number of halogens is 1. The highest BCUT2D eigenvalue weighted by molar-refractivity contribution is 9.10. The van der Waals surface area contributed by atoms with E-state index in [1.54, 1.807) is 12.1 Å². The molecule has 1 heterocycles. The fourth-order valence-corrected chi connectivity index (χ4v) is 1.95. The third kappa shape index (κ3) is 3.95. The average molecular weight is 352 g/mol. The van der Waals surface area contributed by atoms with Crippen molar-refractivity contribution in [1.29, 1.82) is 0 Å². The first-order valence-corrected chi connectivity index (χ1v) is 7.09. The van der Waals surface area contributed by atoms with E-state index in [0.717, 1.165) is 5.56 Å². The lowest BCUT2D eigenvalue weighted by molar-refractivity contribution is -0.123. The summed E-state index contributed by atoms with van der Waals surface area (Å²) in [6.07, 6.45) is -0.930. The van der Waals surface area contributed by atoms with Crippen molar-refractivity contribution in [2.24, 2.45) is 0 Å². The van der Waals surface area contributed by atoms with Gasteiger partial charge in [0.2, 0.25) is 5.76 Å². The Morgan fingerprint density at radius 3 is 2.57 bits per heavy atom. The van der Waals surface area contributed by atoms with Gasteiger partial charge in [0.05, 0.1) is 0 Å². The highest BCUT2D eigenvalue weighted by Crippen LogP contribution is 2.16. The molecule has 0 radical (unpaired) electrons. The van der Waals surface area contributed by atoms with Gasteiger partial charge in [-0.1, -0.05) is 18.2 Å². The van der Waals surface area contributed by atoms with E-state index < -0.39 is 18.0 Å². The second-order valence-corrected chi connectivity index (χ2v) is 5.24. The van der Waals surface area contributed by atoms with Gasteiger partial charge in [-0.2, -0.15) is 0 Å². The predicted octanol–water partition coefficient (Wildman–Crippen LogP) is 3.53. The zero-order valence-corrected chi connectivity index (χ0v) is 13.1. The minimum absolute atomic E-state index is 0.0393. The number of ether oxygens (including phenoxy) is 1. The van der Waals surface area contributed by atoms with Crippen molar-refractivity contribution in [3.05, 3.63) is 52.4 Å². The van der Waals surface area contributed by atoms with Crippen LogP contribution in [0.2, 0.25) is 0 Å². The molecule has 1 amide bonds. The third-order valence-corrected chi connectivity index (χ3v) is 3.26. The molecular weight excluding hydrogens is 338 g/mol. The van der Waals surface area contributed by atoms with Crippen LogP contribution in [-0.4, -0.2) is 18.0 Å². The average Bonchev–Trinajstić information content (AvgIpc) is 2.88. The molecule has 0 bridgehead atoms. The fraction of sp³-hybridized carbons (Fsp3) is 0.200. The molecule has 1 atom stereocenters. The molecule has 0 unspecified atom stereocenters. The maximum Gasteiger partial charge on any atom is 0.375 e. The van der Waals surface area contributed by atoms with Crippen molar-refractivity contribution in [3.63, 3.8) is 0 Å². The molecule has 0 saturated carbocycles. The molecule has 6 heteroatoms. The molecule has 110 valence electrons. The largest absolute Gasteiger partial charge is 0.447 e. The Morgan fingerprint density at radius 1 is 1.24 bits per heavy atom. The van der Waals surface area contributed by atoms with Crippen LogP contribution in [0.1, 0.15) is 23.0 Å². The van der Waals surface area contributed by atoms with Crippen molar-refractivity contribution in [2.75, 3.05) is 5.32 Å². The minimum Gasteiger partial charge on any atom is -0.447 e. The molecule has 5 nitrogen and oxygen atoms in total. The van der Waals surface area contributed by atoms with Gasteiger partial charge in [-0.3, -0.25) is 4.79 Å². The highest BCUT2D eigenvalue weighted by Gasteiger charge is 2.21. The van der Waals surface area contributed by atoms with E-state index in [9.17, 15) is 9.59 Å². The lowest BCUT2D eigenvalue weighted by Crippen LogP contribution is -2.30. The number of hydrogen-bond donors (Lipinski definition) is 1. The van der Waals surface area contributed by atoms with Crippen LogP contribution >= 0.6 is 15.9 Å². The third-order valence-electron chi connectivity index (χ3n) is 2.83. The van der Waals surface area contributed by atoms with Crippen LogP contribution in [0.25, 0.3) is 0 Å². The number of carbonyl (C=O) groups is 2. The Morgan fingerprint density at radius 2 is 1.95 bits per heavy atom. The fourth-order valence-electron chi connectivity index (χ4n) is 1.64. The molecule has 0 fully saturated rings. The second-order valence-electron chi connectivity index (χ2n) is 4.46. The Hall–Kier alpha value is -2.08. The normalized spacial score (nSPS) is 11.8. The molecule has 2 aromatic rings. The summed E-state index contributed by atoms with van der Waals surface area (Å²) in [5, 5.41) is 2.72. The van der Waals surface area contributed by atoms with Crippen LogP contribution in [-0.2, 0) is 9.53 Å². The number of nitrogens with one attached hydrogen (secondary N) is 1. The lowest BCUT2D eigenvalue weighted by atomic mass is 10.2. The van der Waals surface area contributed by atoms with E-state index in [2.05, 4.69) is 21.2 Å². The quantitative estimate of drug-likeness (QED) is 0.855. The highest BCUT2D eigenvalue weighted by atomic mass is 79.9. The summed E-state index contributed by atoms with van der Waals surface area (Å²) in [6.45, 7) is 3.39. The summed E-state index contributed by atoms with van der Waals surface area (Å²) in [5.41, 5.74) is 1.62. The molecule has 0 aliphatic rings. The van der Waals surface area contributed by atoms with E-state index in [4.69, 9.17) is 9.15 Å². The molecule has 0 aliphatic carbocycles. The van der Waals surface area contributed by atoms with Crippen molar-refractivity contribution in [2.45, 2.75) is 20.0 Å². The number of benzene rings is 1. The number of amides is 1. The Balaban J connectivity index is 1.97. The second kappa shape index (κ2) is 6.58. The predicted molar refractivity (Wildman–Crippen MR) is 81.1 cm³/mol. The van der Waals surface area contributed by atoms with E-state index in [-0.39, 0.29) is 5.76 Å².